The number of halogens is 1. The smallest absolute Gasteiger partial charge is 0.358 e. The van der Waals surface area contributed by atoms with Crippen molar-refractivity contribution in [2.24, 2.45) is 0 Å². The van der Waals surface area contributed by atoms with Crippen molar-refractivity contribution in [1.82, 2.24) is 4.98 Å². The van der Waals surface area contributed by atoms with Crippen LogP contribution in [0.4, 0.5) is 10.1 Å². The van der Waals surface area contributed by atoms with Gasteiger partial charge in [-0.15, -0.1) is 0 Å². The lowest BCUT2D eigenvalue weighted by Crippen LogP contribution is -2.12. The zero-order valence-corrected chi connectivity index (χ0v) is 13.0. The van der Waals surface area contributed by atoms with Crippen LogP contribution in [-0.4, -0.2) is 18.1 Å². The molecule has 0 fully saturated rings. The lowest BCUT2D eigenvalue weighted by atomic mass is 9.99. The summed E-state index contributed by atoms with van der Waals surface area (Å²) in [7, 11) is 1.23. The summed E-state index contributed by atoms with van der Waals surface area (Å²) in [6.45, 7) is 0. The van der Waals surface area contributed by atoms with Gasteiger partial charge in [-0.1, -0.05) is 60.7 Å². The molecule has 0 aliphatic carbocycles. The molecule has 2 aromatic carbocycles. The fourth-order valence-electron chi connectivity index (χ4n) is 2.50. The summed E-state index contributed by atoms with van der Waals surface area (Å²) in [6, 6.07) is 17.6. The first-order valence-corrected chi connectivity index (χ1v) is 7.31. The van der Waals surface area contributed by atoms with E-state index >= 15 is 4.39 Å². The summed E-state index contributed by atoms with van der Waals surface area (Å²) in [4.78, 5) is 16.1. The Kier molecular flexibility index (Phi) is 4.24. The van der Waals surface area contributed by atoms with E-state index in [2.05, 4.69) is 4.98 Å². The van der Waals surface area contributed by atoms with Crippen LogP contribution in [0, 0.1) is 5.82 Å². The third kappa shape index (κ3) is 2.72. The van der Waals surface area contributed by atoms with Crippen molar-refractivity contribution in [3.05, 3.63) is 72.2 Å². The fourth-order valence-corrected chi connectivity index (χ4v) is 2.50. The van der Waals surface area contributed by atoms with Crippen molar-refractivity contribution in [3.8, 4) is 22.4 Å². The molecule has 0 atom stereocenters. The number of nitrogen functional groups attached to an aromatic ring is 1. The van der Waals surface area contributed by atoms with Gasteiger partial charge in [-0.05, 0) is 5.56 Å². The van der Waals surface area contributed by atoms with Gasteiger partial charge in [-0.2, -0.15) is 0 Å². The number of benzene rings is 2. The van der Waals surface area contributed by atoms with Crippen molar-refractivity contribution in [3.63, 3.8) is 0 Å². The molecule has 0 spiro atoms. The Balaban J connectivity index is 2.34. The van der Waals surface area contributed by atoms with Crippen molar-refractivity contribution in [2.75, 3.05) is 12.8 Å². The molecule has 0 aliphatic rings. The number of ether oxygens (including phenoxy) is 1. The standard InChI is InChI=1S/C19H15FN2O2/c1-24-19(23)18-16(21)14(12-8-4-2-5-9-12)15(20)17(22-18)13-10-6-3-7-11-13/h2-11H,21H2,1H3. The van der Waals surface area contributed by atoms with Gasteiger partial charge in [-0.3, -0.25) is 0 Å². The van der Waals surface area contributed by atoms with Crippen LogP contribution in [0.25, 0.3) is 22.4 Å². The number of pyridine rings is 1. The van der Waals surface area contributed by atoms with E-state index < -0.39 is 11.8 Å². The molecule has 5 heteroatoms. The maximum absolute atomic E-state index is 15.2. The van der Waals surface area contributed by atoms with Gasteiger partial charge in [0.05, 0.1) is 12.8 Å². The quantitative estimate of drug-likeness (QED) is 0.742. The molecule has 0 unspecified atom stereocenters. The SMILES string of the molecule is COC(=O)c1nc(-c2ccccc2)c(F)c(-c2ccccc2)c1N. The lowest BCUT2D eigenvalue weighted by molar-refractivity contribution is 0.0595. The molecule has 0 aliphatic heterocycles. The zero-order valence-electron chi connectivity index (χ0n) is 13.0. The van der Waals surface area contributed by atoms with Crippen LogP contribution in [0.3, 0.4) is 0 Å². The summed E-state index contributed by atoms with van der Waals surface area (Å²) in [5, 5.41) is 0. The summed E-state index contributed by atoms with van der Waals surface area (Å²) in [5.74, 6) is -1.28. The van der Waals surface area contributed by atoms with Crippen LogP contribution in [0.15, 0.2) is 60.7 Å². The van der Waals surface area contributed by atoms with Crippen LogP contribution in [-0.2, 0) is 4.74 Å². The molecule has 120 valence electrons. The van der Waals surface area contributed by atoms with Crippen LogP contribution in [0.2, 0.25) is 0 Å². The molecule has 24 heavy (non-hydrogen) atoms. The van der Waals surface area contributed by atoms with Gasteiger partial charge in [-0.25, -0.2) is 14.2 Å². The third-order valence-electron chi connectivity index (χ3n) is 3.66. The first-order chi connectivity index (χ1) is 11.6. The Morgan fingerprint density at radius 2 is 1.54 bits per heavy atom. The van der Waals surface area contributed by atoms with E-state index in [1.807, 2.05) is 12.1 Å². The number of hydrogen-bond donors (Lipinski definition) is 1. The number of esters is 1. The van der Waals surface area contributed by atoms with Crippen LogP contribution >= 0.6 is 0 Å². The fraction of sp³-hybridized carbons (Fsp3) is 0.0526. The normalized spacial score (nSPS) is 10.4. The number of anilines is 1. The molecule has 0 saturated heterocycles. The highest BCUT2D eigenvalue weighted by Crippen LogP contribution is 2.36. The number of nitrogens with two attached hydrogens (primary N) is 1. The molecule has 0 bridgehead atoms. The number of aromatic nitrogens is 1. The predicted molar refractivity (Wildman–Crippen MR) is 90.8 cm³/mol. The number of rotatable bonds is 3. The van der Waals surface area contributed by atoms with Crippen molar-refractivity contribution in [1.29, 1.82) is 0 Å². The Morgan fingerprint density at radius 3 is 2.08 bits per heavy atom. The van der Waals surface area contributed by atoms with Crippen molar-refractivity contribution >= 4 is 11.7 Å². The molecule has 0 saturated carbocycles. The van der Waals surface area contributed by atoms with Gasteiger partial charge in [0.1, 0.15) is 5.69 Å². The number of methoxy groups -OCH3 is 1. The lowest BCUT2D eigenvalue weighted by Gasteiger charge is -2.14. The average molecular weight is 322 g/mol. The van der Waals surface area contributed by atoms with Gasteiger partial charge in [0.25, 0.3) is 0 Å². The first kappa shape index (κ1) is 15.7. The number of carbonyl (C=O) groups excluding carboxylic acids is 1. The summed E-state index contributed by atoms with van der Waals surface area (Å²) in [5.41, 5.74) is 7.22. The molecule has 0 amide bonds. The maximum Gasteiger partial charge on any atom is 0.358 e. The molecule has 4 nitrogen and oxygen atoms in total. The van der Waals surface area contributed by atoms with E-state index in [1.54, 1.807) is 48.5 Å². The third-order valence-corrected chi connectivity index (χ3v) is 3.66. The molecule has 3 aromatic rings. The minimum atomic E-state index is -0.707. The molecular formula is C19H15FN2O2. The molecule has 0 radical (unpaired) electrons. The van der Waals surface area contributed by atoms with Crippen molar-refractivity contribution < 1.29 is 13.9 Å². The first-order valence-electron chi connectivity index (χ1n) is 7.31. The number of nitrogens with zero attached hydrogens (tertiary/aromatic N) is 1. The minimum absolute atomic E-state index is 0.0368. The Morgan fingerprint density at radius 1 is 1.00 bits per heavy atom. The summed E-state index contributed by atoms with van der Waals surface area (Å²) in [6.07, 6.45) is 0. The topological polar surface area (TPSA) is 65.2 Å². The maximum atomic E-state index is 15.2. The largest absolute Gasteiger partial charge is 0.464 e. The molecule has 1 aromatic heterocycles. The minimum Gasteiger partial charge on any atom is -0.464 e. The number of hydrogen-bond acceptors (Lipinski definition) is 4. The van der Waals surface area contributed by atoms with E-state index in [1.165, 1.54) is 7.11 Å². The summed E-state index contributed by atoms with van der Waals surface area (Å²) < 4.78 is 19.9. The molecule has 3 rings (SSSR count). The molecular weight excluding hydrogens is 307 g/mol. The van der Waals surface area contributed by atoms with Crippen molar-refractivity contribution in [2.45, 2.75) is 0 Å². The second kappa shape index (κ2) is 6.50. The van der Waals surface area contributed by atoms with Gasteiger partial charge >= 0.3 is 5.97 Å². The zero-order chi connectivity index (χ0) is 17.1. The monoisotopic (exact) mass is 322 g/mol. The highest BCUT2D eigenvalue weighted by Gasteiger charge is 2.24. The van der Waals surface area contributed by atoms with Gasteiger partial charge in [0.15, 0.2) is 11.5 Å². The van der Waals surface area contributed by atoms with E-state index in [0.29, 0.717) is 11.1 Å². The van der Waals surface area contributed by atoms with E-state index in [9.17, 15) is 4.79 Å². The Hall–Kier alpha value is -3.21. The van der Waals surface area contributed by atoms with Crippen LogP contribution < -0.4 is 5.73 Å². The highest BCUT2D eigenvalue weighted by molar-refractivity contribution is 5.98. The van der Waals surface area contributed by atoms with E-state index in [0.717, 1.165) is 0 Å². The Labute approximate surface area is 138 Å². The van der Waals surface area contributed by atoms with Crippen LogP contribution in [0.1, 0.15) is 10.5 Å². The number of carbonyl (C=O) groups is 1. The van der Waals surface area contributed by atoms with Crippen LogP contribution in [0.5, 0.6) is 0 Å². The second-order valence-electron chi connectivity index (χ2n) is 5.14. The Bertz CT molecular complexity index is 881. The van der Waals surface area contributed by atoms with E-state index in [-0.39, 0.29) is 22.6 Å². The second-order valence-corrected chi connectivity index (χ2v) is 5.14. The molecule has 1 heterocycles. The summed E-state index contributed by atoms with van der Waals surface area (Å²) >= 11 is 0. The average Bonchev–Trinajstić information content (AvgIpc) is 2.63. The highest BCUT2D eigenvalue weighted by atomic mass is 19.1. The van der Waals surface area contributed by atoms with Gasteiger partial charge < -0.3 is 10.5 Å². The molecule has 2 N–H and O–H groups in total. The predicted octanol–water partition coefficient (Wildman–Crippen LogP) is 3.92. The van der Waals surface area contributed by atoms with E-state index in [4.69, 9.17) is 10.5 Å². The van der Waals surface area contributed by atoms with Gasteiger partial charge in [0, 0.05) is 11.1 Å². The van der Waals surface area contributed by atoms with Gasteiger partial charge in [0.2, 0.25) is 0 Å².